The average Bonchev–Trinajstić information content (AvgIpc) is 2.64. The Balaban J connectivity index is 2.23. The summed E-state index contributed by atoms with van der Waals surface area (Å²) < 4.78 is 52.1. The van der Waals surface area contributed by atoms with Crippen molar-refractivity contribution in [1.29, 1.82) is 0 Å². The Morgan fingerprint density at radius 1 is 1.31 bits per heavy atom. The van der Waals surface area contributed by atoms with Crippen LogP contribution >= 0.6 is 0 Å². The SMILES string of the molecule is CNC(CO)/C(=C\Nc1cccc(Cc2cc(F)cc(C(F)(F)F)c2)n1)C(N)=O. The van der Waals surface area contributed by atoms with Gasteiger partial charge in [-0.05, 0) is 42.9 Å². The quantitative estimate of drug-likeness (QED) is 0.394. The Morgan fingerprint density at radius 3 is 2.62 bits per heavy atom. The lowest BCUT2D eigenvalue weighted by Gasteiger charge is -2.15. The van der Waals surface area contributed by atoms with Gasteiger partial charge < -0.3 is 21.5 Å². The number of anilines is 1. The predicted molar refractivity (Wildman–Crippen MR) is 99.3 cm³/mol. The highest BCUT2D eigenvalue weighted by atomic mass is 19.4. The predicted octanol–water partition coefficient (Wildman–Crippen LogP) is 2.19. The number of carbonyl (C=O) groups is 1. The number of rotatable bonds is 8. The van der Waals surface area contributed by atoms with Gasteiger partial charge in [-0.3, -0.25) is 4.79 Å². The Labute approximate surface area is 164 Å². The second kappa shape index (κ2) is 9.48. The monoisotopic (exact) mass is 412 g/mol. The zero-order valence-corrected chi connectivity index (χ0v) is 15.4. The van der Waals surface area contributed by atoms with E-state index in [4.69, 9.17) is 5.73 Å². The first-order valence-corrected chi connectivity index (χ1v) is 8.51. The van der Waals surface area contributed by atoms with Gasteiger partial charge in [0.1, 0.15) is 11.6 Å². The van der Waals surface area contributed by atoms with Crippen LogP contribution in [-0.2, 0) is 17.4 Å². The van der Waals surface area contributed by atoms with Gasteiger partial charge in [0.15, 0.2) is 0 Å². The maximum atomic E-state index is 13.6. The number of nitrogens with one attached hydrogen (secondary N) is 2. The van der Waals surface area contributed by atoms with Crippen molar-refractivity contribution >= 4 is 11.7 Å². The molecule has 0 aliphatic rings. The van der Waals surface area contributed by atoms with Gasteiger partial charge in [0.05, 0.1) is 23.8 Å². The maximum absolute atomic E-state index is 13.6. The highest BCUT2D eigenvalue weighted by molar-refractivity contribution is 5.93. The second-order valence-electron chi connectivity index (χ2n) is 6.17. The number of hydrogen-bond acceptors (Lipinski definition) is 5. The molecule has 0 spiro atoms. The number of halogens is 4. The molecule has 0 fully saturated rings. The minimum Gasteiger partial charge on any atom is -0.394 e. The molecule has 6 nitrogen and oxygen atoms in total. The number of hydrogen-bond donors (Lipinski definition) is 4. The van der Waals surface area contributed by atoms with Crippen LogP contribution in [0.1, 0.15) is 16.8 Å². The van der Waals surface area contributed by atoms with E-state index >= 15 is 0 Å². The van der Waals surface area contributed by atoms with Gasteiger partial charge in [-0.25, -0.2) is 9.37 Å². The third-order valence-corrected chi connectivity index (χ3v) is 4.04. The van der Waals surface area contributed by atoms with Crippen molar-refractivity contribution in [2.75, 3.05) is 19.0 Å². The number of aliphatic hydroxyl groups excluding tert-OH is 1. The van der Waals surface area contributed by atoms with Crippen LogP contribution in [0.25, 0.3) is 0 Å². The molecular weight excluding hydrogens is 392 g/mol. The van der Waals surface area contributed by atoms with Crippen LogP contribution in [0.15, 0.2) is 48.2 Å². The molecule has 1 heterocycles. The molecule has 2 aromatic rings. The topological polar surface area (TPSA) is 100 Å². The van der Waals surface area contributed by atoms with Crippen molar-refractivity contribution < 1.29 is 27.5 Å². The summed E-state index contributed by atoms with van der Waals surface area (Å²) in [6.07, 6.45) is -3.39. The van der Waals surface area contributed by atoms with E-state index in [9.17, 15) is 27.5 Å². The molecular formula is C19H20F4N4O2. The number of amides is 1. The van der Waals surface area contributed by atoms with Crippen molar-refractivity contribution in [3.63, 3.8) is 0 Å². The fourth-order valence-corrected chi connectivity index (χ4v) is 2.62. The van der Waals surface area contributed by atoms with Crippen molar-refractivity contribution in [1.82, 2.24) is 10.3 Å². The van der Waals surface area contributed by atoms with Gasteiger partial charge in [-0.1, -0.05) is 6.07 Å². The average molecular weight is 412 g/mol. The largest absolute Gasteiger partial charge is 0.416 e. The number of nitrogens with two attached hydrogens (primary N) is 1. The van der Waals surface area contributed by atoms with Gasteiger partial charge in [-0.2, -0.15) is 13.2 Å². The van der Waals surface area contributed by atoms with Crippen LogP contribution in [0.3, 0.4) is 0 Å². The molecule has 29 heavy (non-hydrogen) atoms. The van der Waals surface area contributed by atoms with E-state index in [1.165, 1.54) is 6.20 Å². The summed E-state index contributed by atoms with van der Waals surface area (Å²) in [5.41, 5.74) is 4.82. The molecule has 1 amide bonds. The lowest BCUT2D eigenvalue weighted by atomic mass is 10.1. The molecule has 1 aromatic carbocycles. The van der Waals surface area contributed by atoms with Crippen molar-refractivity contribution in [3.05, 3.63) is 70.8 Å². The minimum atomic E-state index is -4.65. The molecule has 1 atom stereocenters. The zero-order chi connectivity index (χ0) is 21.6. The zero-order valence-electron chi connectivity index (χ0n) is 15.4. The summed E-state index contributed by atoms with van der Waals surface area (Å²) in [4.78, 5) is 15.8. The van der Waals surface area contributed by atoms with E-state index in [-0.39, 0.29) is 24.2 Å². The molecule has 0 aliphatic heterocycles. The van der Waals surface area contributed by atoms with Crippen LogP contribution in [0.4, 0.5) is 23.4 Å². The van der Waals surface area contributed by atoms with E-state index in [0.29, 0.717) is 17.6 Å². The number of nitrogens with zero attached hydrogens (tertiary/aromatic N) is 1. The van der Waals surface area contributed by atoms with Crippen molar-refractivity contribution in [3.8, 4) is 0 Å². The summed E-state index contributed by atoms with van der Waals surface area (Å²) in [6, 6.07) is 6.38. The number of carbonyl (C=O) groups excluding carboxylic acids is 1. The van der Waals surface area contributed by atoms with E-state index in [1.54, 1.807) is 25.2 Å². The number of alkyl halides is 3. The molecule has 2 rings (SSSR count). The van der Waals surface area contributed by atoms with Gasteiger partial charge >= 0.3 is 6.18 Å². The lowest BCUT2D eigenvalue weighted by molar-refractivity contribution is -0.137. The van der Waals surface area contributed by atoms with Crippen molar-refractivity contribution in [2.24, 2.45) is 5.73 Å². The Kier molecular flexibility index (Phi) is 7.29. The molecule has 10 heteroatoms. The molecule has 5 N–H and O–H groups in total. The summed E-state index contributed by atoms with van der Waals surface area (Å²) in [7, 11) is 1.55. The van der Waals surface area contributed by atoms with E-state index in [0.717, 1.165) is 12.1 Å². The number of aromatic nitrogens is 1. The maximum Gasteiger partial charge on any atom is 0.416 e. The summed E-state index contributed by atoms with van der Waals surface area (Å²) >= 11 is 0. The molecule has 156 valence electrons. The van der Waals surface area contributed by atoms with E-state index in [1.807, 2.05) is 0 Å². The third-order valence-electron chi connectivity index (χ3n) is 4.04. The van der Waals surface area contributed by atoms with E-state index < -0.39 is 29.5 Å². The van der Waals surface area contributed by atoms with Crippen LogP contribution in [0.5, 0.6) is 0 Å². The smallest absolute Gasteiger partial charge is 0.394 e. The Hall–Kier alpha value is -2.98. The van der Waals surface area contributed by atoms with Crippen molar-refractivity contribution in [2.45, 2.75) is 18.6 Å². The van der Waals surface area contributed by atoms with Crippen LogP contribution in [-0.4, -0.2) is 35.7 Å². The first-order valence-electron chi connectivity index (χ1n) is 8.51. The number of primary amides is 1. The number of likely N-dealkylation sites (N-methyl/N-ethyl adjacent to an activating group) is 1. The Morgan fingerprint density at radius 2 is 2.03 bits per heavy atom. The van der Waals surface area contributed by atoms with Gasteiger partial charge in [0.25, 0.3) is 0 Å². The normalized spacial score (nSPS) is 13.2. The standard InChI is InChI=1S/C19H20F4N4O2/c1-25-16(10-28)15(18(24)29)9-26-17-4-2-3-14(27-17)7-11-5-12(19(21,22)23)8-13(20)6-11/h2-6,8-9,16,25,28H,7,10H2,1H3,(H2,24,29)(H,26,27)/b15-9+. The van der Waals surface area contributed by atoms with Gasteiger partial charge in [-0.15, -0.1) is 0 Å². The summed E-state index contributed by atoms with van der Waals surface area (Å²) in [5.74, 6) is -1.44. The molecule has 0 bridgehead atoms. The first-order chi connectivity index (χ1) is 13.6. The molecule has 0 saturated heterocycles. The van der Waals surface area contributed by atoms with Gasteiger partial charge in [0, 0.05) is 18.3 Å². The lowest BCUT2D eigenvalue weighted by Crippen LogP contribution is -2.37. The fraction of sp³-hybridized carbons (Fsp3) is 0.263. The second-order valence-corrected chi connectivity index (χ2v) is 6.17. The molecule has 0 aliphatic carbocycles. The Bertz CT molecular complexity index is 896. The third kappa shape index (κ3) is 6.26. The first kappa shape index (κ1) is 22.3. The minimum absolute atomic E-state index is 0.0292. The molecule has 1 aromatic heterocycles. The van der Waals surface area contributed by atoms with Crippen LogP contribution in [0.2, 0.25) is 0 Å². The molecule has 1 unspecified atom stereocenters. The fourth-order valence-electron chi connectivity index (χ4n) is 2.62. The van der Waals surface area contributed by atoms with E-state index in [2.05, 4.69) is 15.6 Å². The number of benzene rings is 1. The molecule has 0 saturated carbocycles. The molecule has 0 radical (unpaired) electrons. The number of pyridine rings is 1. The summed E-state index contributed by atoms with van der Waals surface area (Å²) in [5, 5.41) is 14.8. The highest BCUT2D eigenvalue weighted by Gasteiger charge is 2.31. The number of aliphatic hydroxyl groups is 1. The highest BCUT2D eigenvalue weighted by Crippen LogP contribution is 2.30. The summed E-state index contributed by atoms with van der Waals surface area (Å²) in [6.45, 7) is -0.360. The van der Waals surface area contributed by atoms with Gasteiger partial charge in [0.2, 0.25) is 5.91 Å². The van der Waals surface area contributed by atoms with Crippen LogP contribution < -0.4 is 16.4 Å². The van der Waals surface area contributed by atoms with Crippen LogP contribution in [0, 0.1) is 5.82 Å².